The van der Waals surface area contributed by atoms with E-state index in [1.165, 1.54) is 6.07 Å². The van der Waals surface area contributed by atoms with Crippen LogP contribution in [-0.2, 0) is 15.8 Å². The molecule has 0 spiro atoms. The number of piperidine rings is 1. The van der Waals surface area contributed by atoms with Gasteiger partial charge in [0.05, 0.1) is 22.4 Å². The Bertz CT molecular complexity index is 835. The van der Waals surface area contributed by atoms with Crippen molar-refractivity contribution in [2.75, 3.05) is 11.9 Å². The molecule has 3 atom stereocenters. The molecule has 1 saturated carbocycles. The summed E-state index contributed by atoms with van der Waals surface area (Å²) < 4.78 is 39.2. The lowest BCUT2D eigenvalue weighted by molar-refractivity contribution is -0.147. The summed E-state index contributed by atoms with van der Waals surface area (Å²) in [6, 6.07) is 3.57. The van der Waals surface area contributed by atoms with Crippen molar-refractivity contribution in [3.8, 4) is 0 Å². The average Bonchev–Trinajstić information content (AvgIpc) is 3.47. The summed E-state index contributed by atoms with van der Waals surface area (Å²) in [7, 11) is 0. The molecule has 4 nitrogen and oxygen atoms in total. The predicted octanol–water partition coefficient (Wildman–Crippen LogP) is 4.50. The Morgan fingerprint density at radius 2 is 1.96 bits per heavy atom. The summed E-state index contributed by atoms with van der Waals surface area (Å²) in [5.74, 6) is -1.47. The number of hydrogen-bond donors (Lipinski definition) is 1. The molecule has 0 unspecified atom stereocenters. The molecule has 2 aliphatic carbocycles. The number of rotatable bonds is 3. The smallest absolute Gasteiger partial charge is 0.339 e. The lowest BCUT2D eigenvalue weighted by Gasteiger charge is -2.41. The van der Waals surface area contributed by atoms with Crippen LogP contribution in [0.4, 0.5) is 18.9 Å². The predicted molar refractivity (Wildman–Crippen MR) is 98.7 cm³/mol. The van der Waals surface area contributed by atoms with Gasteiger partial charge in [-0.05, 0) is 49.8 Å². The minimum absolute atomic E-state index is 0.00274. The number of hydrogen-bond acceptors (Lipinski definition) is 2. The number of nitrogens with one attached hydrogen (secondary N) is 1. The molecule has 28 heavy (non-hydrogen) atoms. The molecule has 1 aromatic rings. The normalized spacial score (nSPS) is 27.5. The number of allylic oxidation sites excluding steroid dienone is 2. The maximum atomic E-state index is 13.1. The van der Waals surface area contributed by atoms with E-state index in [0.29, 0.717) is 13.0 Å². The first-order chi connectivity index (χ1) is 13.3. The Morgan fingerprint density at radius 1 is 1.21 bits per heavy atom. The number of fused-ring (bicyclic) bond motifs is 1. The van der Waals surface area contributed by atoms with Crippen molar-refractivity contribution in [2.24, 2.45) is 17.8 Å². The molecule has 0 bridgehead atoms. The highest BCUT2D eigenvalue weighted by atomic mass is 35.5. The molecule has 1 aromatic carbocycles. The van der Waals surface area contributed by atoms with E-state index in [1.807, 2.05) is 17.1 Å². The van der Waals surface area contributed by atoms with Crippen LogP contribution in [0.5, 0.6) is 0 Å². The highest BCUT2D eigenvalue weighted by Gasteiger charge is 2.47. The van der Waals surface area contributed by atoms with E-state index in [2.05, 4.69) is 5.32 Å². The van der Waals surface area contributed by atoms with Crippen LogP contribution in [0.2, 0.25) is 5.02 Å². The third-order valence-corrected chi connectivity index (χ3v) is 6.13. The second kappa shape index (κ2) is 7.10. The van der Waals surface area contributed by atoms with Crippen LogP contribution in [0.3, 0.4) is 0 Å². The van der Waals surface area contributed by atoms with Crippen LogP contribution in [-0.4, -0.2) is 29.3 Å². The molecular weight excluding hydrogens is 393 g/mol. The number of amides is 2. The van der Waals surface area contributed by atoms with Gasteiger partial charge in [0.2, 0.25) is 11.8 Å². The van der Waals surface area contributed by atoms with Crippen LogP contribution >= 0.6 is 11.6 Å². The Kier molecular flexibility index (Phi) is 4.89. The quantitative estimate of drug-likeness (QED) is 0.743. The van der Waals surface area contributed by atoms with Gasteiger partial charge in [0.15, 0.2) is 0 Å². The second-order valence-corrected chi connectivity index (χ2v) is 8.10. The summed E-state index contributed by atoms with van der Waals surface area (Å²) in [6.07, 6.45) is 2.50. The van der Waals surface area contributed by atoms with Gasteiger partial charge >= 0.3 is 6.18 Å². The van der Waals surface area contributed by atoms with Crippen LogP contribution in [0.25, 0.3) is 0 Å². The van der Waals surface area contributed by atoms with Gasteiger partial charge in [-0.2, -0.15) is 13.2 Å². The van der Waals surface area contributed by atoms with Crippen LogP contribution in [0, 0.1) is 17.8 Å². The van der Waals surface area contributed by atoms with Crippen LogP contribution in [0.1, 0.15) is 31.2 Å². The van der Waals surface area contributed by atoms with Gasteiger partial charge in [0.1, 0.15) is 0 Å². The standard InChI is InChI=1S/C20H20ClF3N2O2/c21-16-7-4-12(10-15(16)20(22,23)24)25-18(27)14-3-1-2-11-8-9-26(13-5-6-13)19(28)17(11)14/h1-2,4,7,10-11,13-14,17H,3,5-6,8-9H2,(H,25,27)/t11-,14-,17+/m1/s1. The van der Waals surface area contributed by atoms with Gasteiger partial charge in [-0.25, -0.2) is 0 Å². The Balaban J connectivity index is 1.54. The number of halogens is 4. The fraction of sp³-hybridized carbons (Fsp3) is 0.500. The number of carbonyl (C=O) groups excluding carboxylic acids is 2. The van der Waals surface area contributed by atoms with Crippen molar-refractivity contribution in [1.82, 2.24) is 4.90 Å². The molecule has 2 amide bonds. The summed E-state index contributed by atoms with van der Waals surface area (Å²) in [6.45, 7) is 0.704. The zero-order valence-corrected chi connectivity index (χ0v) is 15.8. The molecule has 1 N–H and O–H groups in total. The maximum Gasteiger partial charge on any atom is 0.417 e. The molecule has 0 aromatic heterocycles. The number of anilines is 1. The number of benzene rings is 1. The topological polar surface area (TPSA) is 49.4 Å². The lowest BCUT2D eigenvalue weighted by atomic mass is 9.71. The van der Waals surface area contributed by atoms with Crippen molar-refractivity contribution in [3.05, 3.63) is 40.9 Å². The van der Waals surface area contributed by atoms with Crippen LogP contribution in [0.15, 0.2) is 30.4 Å². The highest BCUT2D eigenvalue weighted by molar-refractivity contribution is 6.31. The minimum Gasteiger partial charge on any atom is -0.339 e. The fourth-order valence-corrected chi connectivity index (χ4v) is 4.48. The van der Waals surface area contributed by atoms with E-state index in [4.69, 9.17) is 11.6 Å². The largest absolute Gasteiger partial charge is 0.417 e. The SMILES string of the molecule is O=C(Nc1ccc(Cl)c(C(F)(F)F)c1)[C@@H]1CC=C[C@@H]2CCN(C3CC3)C(=O)[C@@H]21. The monoisotopic (exact) mass is 412 g/mol. The summed E-state index contributed by atoms with van der Waals surface area (Å²) in [5, 5.41) is 2.14. The molecule has 0 radical (unpaired) electrons. The number of likely N-dealkylation sites (tertiary alicyclic amines) is 1. The van der Waals surface area contributed by atoms with Crippen molar-refractivity contribution >= 4 is 29.1 Å². The van der Waals surface area contributed by atoms with Crippen molar-refractivity contribution in [3.63, 3.8) is 0 Å². The van der Waals surface area contributed by atoms with Gasteiger partial charge in [-0.3, -0.25) is 9.59 Å². The second-order valence-electron chi connectivity index (χ2n) is 7.69. The molecule has 4 rings (SSSR count). The molecule has 1 saturated heterocycles. The van der Waals surface area contributed by atoms with Crippen molar-refractivity contribution < 1.29 is 22.8 Å². The molecular formula is C20H20ClF3N2O2. The molecule has 150 valence electrons. The molecule has 8 heteroatoms. The van der Waals surface area contributed by atoms with Gasteiger partial charge < -0.3 is 10.2 Å². The molecule has 1 heterocycles. The molecule has 3 aliphatic rings. The summed E-state index contributed by atoms with van der Waals surface area (Å²) >= 11 is 5.64. The molecule has 2 fully saturated rings. The van der Waals surface area contributed by atoms with E-state index >= 15 is 0 Å². The first kappa shape index (κ1) is 19.3. The van der Waals surface area contributed by atoms with Gasteiger partial charge in [0.25, 0.3) is 0 Å². The van der Waals surface area contributed by atoms with Crippen molar-refractivity contribution in [1.29, 1.82) is 0 Å². The van der Waals surface area contributed by atoms with Crippen LogP contribution < -0.4 is 5.32 Å². The summed E-state index contributed by atoms with van der Waals surface area (Å²) in [4.78, 5) is 27.7. The zero-order valence-electron chi connectivity index (χ0n) is 15.0. The van der Waals surface area contributed by atoms with E-state index < -0.39 is 34.5 Å². The third-order valence-electron chi connectivity index (χ3n) is 5.80. The third kappa shape index (κ3) is 3.64. The zero-order chi connectivity index (χ0) is 20.1. The summed E-state index contributed by atoms with van der Waals surface area (Å²) in [5.41, 5.74) is -0.975. The maximum absolute atomic E-state index is 13.1. The number of carbonyl (C=O) groups is 2. The van der Waals surface area contributed by atoms with Crippen molar-refractivity contribution in [2.45, 2.75) is 37.9 Å². The Labute approximate surface area is 165 Å². The first-order valence-electron chi connectivity index (χ1n) is 9.40. The van der Waals surface area contributed by atoms with E-state index in [9.17, 15) is 22.8 Å². The minimum atomic E-state index is -4.61. The lowest BCUT2D eigenvalue weighted by Crippen LogP contribution is -2.51. The van der Waals surface area contributed by atoms with Gasteiger partial charge in [-0.1, -0.05) is 23.8 Å². The first-order valence-corrected chi connectivity index (χ1v) is 9.78. The Morgan fingerprint density at radius 3 is 2.64 bits per heavy atom. The van der Waals surface area contributed by atoms with E-state index in [1.54, 1.807) is 0 Å². The van der Waals surface area contributed by atoms with Gasteiger partial charge in [-0.15, -0.1) is 0 Å². The number of alkyl halides is 3. The highest BCUT2D eigenvalue weighted by Crippen LogP contribution is 2.42. The van der Waals surface area contributed by atoms with E-state index in [-0.39, 0.29) is 23.6 Å². The fourth-order valence-electron chi connectivity index (χ4n) is 4.26. The van der Waals surface area contributed by atoms with E-state index in [0.717, 1.165) is 31.4 Å². The average molecular weight is 413 g/mol. The van der Waals surface area contributed by atoms with Gasteiger partial charge in [0, 0.05) is 18.3 Å². The molecule has 1 aliphatic heterocycles. The Hall–Kier alpha value is -2.02. The number of nitrogens with zero attached hydrogens (tertiary/aromatic N) is 1.